The molecule has 1 aliphatic heterocycles. The lowest BCUT2D eigenvalue weighted by molar-refractivity contribution is 0.173. The molecule has 0 aromatic heterocycles. The normalized spacial score (nSPS) is 23.3. The summed E-state index contributed by atoms with van der Waals surface area (Å²) in [5.41, 5.74) is 5.97. The first-order chi connectivity index (χ1) is 8.57. The van der Waals surface area contributed by atoms with Crippen LogP contribution in [0.15, 0.2) is 24.3 Å². The first kappa shape index (κ1) is 13.2. The molecule has 0 spiro atoms. The van der Waals surface area contributed by atoms with Crippen molar-refractivity contribution in [3.8, 4) is 0 Å². The van der Waals surface area contributed by atoms with E-state index in [1.165, 1.54) is 0 Å². The van der Waals surface area contributed by atoms with Crippen LogP contribution in [0.5, 0.6) is 0 Å². The second-order valence-electron chi connectivity index (χ2n) is 4.76. The van der Waals surface area contributed by atoms with E-state index in [9.17, 15) is 4.79 Å². The van der Waals surface area contributed by atoms with Gasteiger partial charge in [-0.2, -0.15) is 0 Å². The van der Waals surface area contributed by atoms with Crippen LogP contribution >= 0.6 is 11.6 Å². The van der Waals surface area contributed by atoms with Gasteiger partial charge in [-0.25, -0.2) is 4.79 Å². The zero-order chi connectivity index (χ0) is 13.2. The van der Waals surface area contributed by atoms with Crippen molar-refractivity contribution < 1.29 is 9.53 Å². The molecule has 1 unspecified atom stereocenters. The molecule has 5 heteroatoms. The molecular formula is C13H17ClN2O2. The average Bonchev–Trinajstić information content (AvgIpc) is 2.63. The van der Waals surface area contributed by atoms with Gasteiger partial charge in [0.2, 0.25) is 0 Å². The Hall–Kier alpha value is -1.26. The molecule has 2 rings (SSSR count). The fourth-order valence-corrected chi connectivity index (χ4v) is 2.45. The van der Waals surface area contributed by atoms with Gasteiger partial charge in [0.05, 0.1) is 5.54 Å². The monoisotopic (exact) mass is 268 g/mol. The van der Waals surface area contributed by atoms with E-state index in [1.54, 1.807) is 17.0 Å². The number of cyclic esters (lactones) is 1. The zero-order valence-corrected chi connectivity index (χ0v) is 11.1. The highest BCUT2D eigenvalue weighted by Gasteiger charge is 2.44. The molecule has 98 valence electrons. The van der Waals surface area contributed by atoms with Crippen molar-refractivity contribution in [1.82, 2.24) is 0 Å². The maximum atomic E-state index is 11.9. The highest BCUT2D eigenvalue weighted by molar-refractivity contribution is 6.30. The van der Waals surface area contributed by atoms with E-state index in [-0.39, 0.29) is 11.6 Å². The minimum atomic E-state index is -0.346. The van der Waals surface area contributed by atoms with E-state index >= 15 is 0 Å². The van der Waals surface area contributed by atoms with Gasteiger partial charge in [0.25, 0.3) is 0 Å². The van der Waals surface area contributed by atoms with Crippen molar-refractivity contribution in [2.45, 2.75) is 25.3 Å². The summed E-state index contributed by atoms with van der Waals surface area (Å²) in [6, 6.07) is 7.24. The second-order valence-corrected chi connectivity index (χ2v) is 5.20. The number of nitrogens with zero attached hydrogens (tertiary/aromatic N) is 1. The van der Waals surface area contributed by atoms with Crippen LogP contribution in [0.1, 0.15) is 19.8 Å². The summed E-state index contributed by atoms with van der Waals surface area (Å²) < 4.78 is 5.18. The lowest BCUT2D eigenvalue weighted by Crippen LogP contribution is -2.45. The summed E-state index contributed by atoms with van der Waals surface area (Å²) in [7, 11) is 0. The predicted molar refractivity (Wildman–Crippen MR) is 72.0 cm³/mol. The molecule has 1 saturated heterocycles. The number of benzene rings is 1. The molecule has 4 nitrogen and oxygen atoms in total. The fourth-order valence-electron chi connectivity index (χ4n) is 2.27. The van der Waals surface area contributed by atoms with E-state index in [0.717, 1.165) is 18.5 Å². The first-order valence-corrected chi connectivity index (χ1v) is 6.37. The maximum absolute atomic E-state index is 11.9. The van der Waals surface area contributed by atoms with Crippen molar-refractivity contribution in [3.63, 3.8) is 0 Å². The van der Waals surface area contributed by atoms with Crippen molar-refractivity contribution in [1.29, 1.82) is 0 Å². The topological polar surface area (TPSA) is 55.6 Å². The molecular weight excluding hydrogens is 252 g/mol. The summed E-state index contributed by atoms with van der Waals surface area (Å²) in [6.07, 6.45) is 1.34. The number of rotatable bonds is 4. The Morgan fingerprint density at radius 3 is 3.00 bits per heavy atom. The molecule has 0 saturated carbocycles. The molecule has 1 aromatic carbocycles. The molecule has 0 aliphatic carbocycles. The number of ether oxygens (including phenoxy) is 1. The van der Waals surface area contributed by atoms with E-state index in [2.05, 4.69) is 0 Å². The number of hydrogen-bond donors (Lipinski definition) is 1. The Morgan fingerprint density at radius 2 is 2.33 bits per heavy atom. The number of hydrogen-bond acceptors (Lipinski definition) is 3. The number of carbonyl (C=O) groups excluding carboxylic acids is 1. The van der Waals surface area contributed by atoms with Gasteiger partial charge in [-0.3, -0.25) is 4.90 Å². The van der Waals surface area contributed by atoms with Crippen LogP contribution in [0.3, 0.4) is 0 Å². The number of carbonyl (C=O) groups is 1. The Labute approximate surface area is 112 Å². The van der Waals surface area contributed by atoms with Crippen LogP contribution in [0.2, 0.25) is 5.02 Å². The molecule has 0 radical (unpaired) electrons. The number of amides is 1. The van der Waals surface area contributed by atoms with Crippen molar-refractivity contribution in [2.75, 3.05) is 18.1 Å². The molecule has 2 N–H and O–H groups in total. The highest BCUT2D eigenvalue weighted by atomic mass is 35.5. The van der Waals surface area contributed by atoms with Crippen LogP contribution in [0.25, 0.3) is 0 Å². The molecule has 18 heavy (non-hydrogen) atoms. The minimum absolute atomic E-state index is 0.322. The quantitative estimate of drug-likeness (QED) is 0.914. The Kier molecular flexibility index (Phi) is 3.78. The predicted octanol–water partition coefficient (Wildman–Crippen LogP) is 2.79. The van der Waals surface area contributed by atoms with E-state index < -0.39 is 0 Å². The third kappa shape index (κ3) is 2.44. The van der Waals surface area contributed by atoms with Gasteiger partial charge >= 0.3 is 6.09 Å². The first-order valence-electron chi connectivity index (χ1n) is 5.99. The largest absolute Gasteiger partial charge is 0.447 e. The molecule has 1 aliphatic rings. The van der Waals surface area contributed by atoms with Gasteiger partial charge in [-0.1, -0.05) is 17.7 Å². The number of halogens is 1. The zero-order valence-electron chi connectivity index (χ0n) is 10.4. The Balaban J connectivity index is 2.30. The van der Waals surface area contributed by atoms with Crippen LogP contribution in [-0.4, -0.2) is 24.8 Å². The summed E-state index contributed by atoms with van der Waals surface area (Å²) >= 11 is 5.97. The second kappa shape index (κ2) is 5.16. The van der Waals surface area contributed by atoms with Crippen LogP contribution in [0, 0.1) is 0 Å². The van der Waals surface area contributed by atoms with E-state index in [1.807, 2.05) is 19.1 Å². The van der Waals surface area contributed by atoms with Gasteiger partial charge in [0.1, 0.15) is 6.61 Å². The number of nitrogens with two attached hydrogens (primary N) is 1. The van der Waals surface area contributed by atoms with Gasteiger partial charge < -0.3 is 10.5 Å². The van der Waals surface area contributed by atoms with Crippen LogP contribution in [0.4, 0.5) is 10.5 Å². The molecule has 1 amide bonds. The molecule has 1 fully saturated rings. The summed E-state index contributed by atoms with van der Waals surface area (Å²) in [4.78, 5) is 13.6. The summed E-state index contributed by atoms with van der Waals surface area (Å²) in [6.45, 7) is 3.00. The molecule has 1 aromatic rings. The van der Waals surface area contributed by atoms with Crippen LogP contribution in [-0.2, 0) is 4.74 Å². The smallest absolute Gasteiger partial charge is 0.415 e. The van der Waals surface area contributed by atoms with E-state index in [4.69, 9.17) is 22.1 Å². The maximum Gasteiger partial charge on any atom is 0.415 e. The third-order valence-electron chi connectivity index (χ3n) is 3.21. The molecule has 0 bridgehead atoms. The summed E-state index contributed by atoms with van der Waals surface area (Å²) in [5, 5.41) is 0.605. The van der Waals surface area contributed by atoms with Gasteiger partial charge in [0.15, 0.2) is 0 Å². The van der Waals surface area contributed by atoms with Crippen LogP contribution < -0.4 is 10.6 Å². The number of anilines is 1. The van der Waals surface area contributed by atoms with Gasteiger partial charge in [-0.05, 0) is 44.5 Å². The Morgan fingerprint density at radius 1 is 1.56 bits per heavy atom. The standard InChI is InChI=1S/C13H17ClN2O2/c1-13(6-3-7-15)9-18-12(17)16(13)11-5-2-4-10(14)8-11/h2,4-5,8H,3,6-7,9,15H2,1H3. The lowest BCUT2D eigenvalue weighted by Gasteiger charge is -2.31. The van der Waals surface area contributed by atoms with Crippen molar-refractivity contribution in [2.24, 2.45) is 5.73 Å². The molecule has 1 atom stereocenters. The SMILES string of the molecule is CC1(CCCN)COC(=O)N1c1cccc(Cl)c1. The van der Waals surface area contributed by atoms with Crippen molar-refractivity contribution >= 4 is 23.4 Å². The third-order valence-corrected chi connectivity index (χ3v) is 3.45. The summed E-state index contributed by atoms with van der Waals surface area (Å²) in [5.74, 6) is 0. The highest BCUT2D eigenvalue weighted by Crippen LogP contribution is 2.34. The minimum Gasteiger partial charge on any atom is -0.447 e. The van der Waals surface area contributed by atoms with Crippen molar-refractivity contribution in [3.05, 3.63) is 29.3 Å². The fraction of sp³-hybridized carbons (Fsp3) is 0.462. The van der Waals surface area contributed by atoms with E-state index in [0.29, 0.717) is 18.2 Å². The van der Waals surface area contributed by atoms with Gasteiger partial charge in [-0.15, -0.1) is 0 Å². The lowest BCUT2D eigenvalue weighted by atomic mass is 9.95. The molecule has 1 heterocycles. The van der Waals surface area contributed by atoms with Gasteiger partial charge in [0, 0.05) is 10.7 Å². The average molecular weight is 269 g/mol. The Bertz CT molecular complexity index is 452.